The zero-order valence-electron chi connectivity index (χ0n) is 18.1. The molecule has 176 valence electrons. The van der Waals surface area contributed by atoms with Crippen LogP contribution in [-0.2, 0) is 21.3 Å². The summed E-state index contributed by atoms with van der Waals surface area (Å²) in [6.45, 7) is 1.95. The molecule has 34 heavy (non-hydrogen) atoms. The predicted molar refractivity (Wildman–Crippen MR) is 127 cm³/mol. The first-order valence-electron chi connectivity index (χ1n) is 10.7. The second-order valence-corrected chi connectivity index (χ2v) is 10.5. The number of furan rings is 1. The summed E-state index contributed by atoms with van der Waals surface area (Å²) in [4.78, 5) is 5.70. The molecule has 2 aromatic carbocycles. The molecule has 1 fully saturated rings. The molecule has 1 saturated heterocycles. The van der Waals surface area contributed by atoms with E-state index in [0.717, 1.165) is 17.0 Å². The van der Waals surface area contributed by atoms with Gasteiger partial charge in [-0.25, -0.2) is 17.8 Å². The quantitative estimate of drug-likeness (QED) is 0.397. The summed E-state index contributed by atoms with van der Waals surface area (Å²) in [7, 11) is -3.56. The van der Waals surface area contributed by atoms with Crippen molar-refractivity contribution in [3.8, 4) is 11.3 Å². The molecule has 7 nitrogen and oxygen atoms in total. The average molecular weight is 500 g/mol. The highest BCUT2D eigenvalue weighted by Gasteiger charge is 2.26. The molecule has 0 amide bonds. The van der Waals surface area contributed by atoms with E-state index >= 15 is 0 Å². The number of hydrogen-bond donors (Lipinski definition) is 0. The highest BCUT2D eigenvalue weighted by Crippen LogP contribution is 2.24. The second kappa shape index (κ2) is 9.67. The summed E-state index contributed by atoms with van der Waals surface area (Å²) in [6.07, 6.45) is 1.62. The van der Waals surface area contributed by atoms with Gasteiger partial charge in [0.05, 0.1) is 42.3 Å². The molecule has 0 unspecified atom stereocenters. The third-order valence-corrected chi connectivity index (χ3v) is 8.28. The maximum absolute atomic E-state index is 13.4. The van der Waals surface area contributed by atoms with Gasteiger partial charge in [-0.2, -0.15) is 4.31 Å². The van der Waals surface area contributed by atoms with Gasteiger partial charge in [0.15, 0.2) is 4.80 Å². The Morgan fingerprint density at radius 3 is 2.41 bits per heavy atom. The molecule has 3 heterocycles. The number of benzene rings is 2. The number of hydrogen-bond acceptors (Lipinski definition) is 6. The third kappa shape index (κ3) is 4.76. The monoisotopic (exact) mass is 499 g/mol. The Balaban J connectivity index is 1.50. The number of thiazole rings is 1. The fourth-order valence-corrected chi connectivity index (χ4v) is 6.06. The van der Waals surface area contributed by atoms with E-state index in [9.17, 15) is 12.8 Å². The minimum atomic E-state index is -3.56. The van der Waals surface area contributed by atoms with Crippen LogP contribution in [-0.4, -0.2) is 43.6 Å². The maximum Gasteiger partial charge on any atom is 0.243 e. The van der Waals surface area contributed by atoms with Crippen molar-refractivity contribution >= 4 is 27.0 Å². The molecule has 0 aliphatic carbocycles. The van der Waals surface area contributed by atoms with Gasteiger partial charge in [-0.1, -0.05) is 0 Å². The Morgan fingerprint density at radius 2 is 1.74 bits per heavy atom. The van der Waals surface area contributed by atoms with Gasteiger partial charge in [-0.3, -0.25) is 0 Å². The summed E-state index contributed by atoms with van der Waals surface area (Å²) >= 11 is 1.44. The lowest BCUT2D eigenvalue weighted by molar-refractivity contribution is 0.0730. The maximum atomic E-state index is 13.4. The Morgan fingerprint density at radius 1 is 1.00 bits per heavy atom. The van der Waals surface area contributed by atoms with Crippen molar-refractivity contribution < 1.29 is 22.0 Å². The van der Waals surface area contributed by atoms with Crippen molar-refractivity contribution in [3.63, 3.8) is 0 Å². The molecule has 4 aromatic rings. The predicted octanol–water partition coefficient (Wildman–Crippen LogP) is 4.25. The molecule has 0 saturated carbocycles. The second-order valence-electron chi connectivity index (χ2n) is 7.70. The van der Waals surface area contributed by atoms with Gasteiger partial charge < -0.3 is 13.7 Å². The molecule has 0 bridgehead atoms. The average Bonchev–Trinajstić information content (AvgIpc) is 3.51. The molecule has 1 aliphatic heterocycles. The first kappa shape index (κ1) is 22.7. The van der Waals surface area contributed by atoms with Crippen LogP contribution in [0.4, 0.5) is 10.1 Å². The van der Waals surface area contributed by atoms with Crippen molar-refractivity contribution in [2.75, 3.05) is 26.3 Å². The Bertz CT molecular complexity index is 1420. The van der Waals surface area contributed by atoms with E-state index in [1.807, 2.05) is 22.1 Å². The van der Waals surface area contributed by atoms with E-state index < -0.39 is 10.0 Å². The Kier molecular flexibility index (Phi) is 6.46. The van der Waals surface area contributed by atoms with Crippen LogP contribution in [0.5, 0.6) is 0 Å². The van der Waals surface area contributed by atoms with E-state index in [1.54, 1.807) is 42.7 Å². The molecule has 0 radical (unpaired) electrons. The van der Waals surface area contributed by atoms with E-state index in [-0.39, 0.29) is 10.7 Å². The van der Waals surface area contributed by atoms with Crippen LogP contribution >= 0.6 is 11.3 Å². The van der Waals surface area contributed by atoms with Crippen LogP contribution in [0, 0.1) is 5.82 Å². The smallest absolute Gasteiger partial charge is 0.243 e. The summed E-state index contributed by atoms with van der Waals surface area (Å²) < 4.78 is 53.4. The van der Waals surface area contributed by atoms with E-state index in [1.165, 1.54) is 27.8 Å². The molecular weight excluding hydrogens is 477 g/mol. The van der Waals surface area contributed by atoms with Gasteiger partial charge in [-0.05, 0) is 66.2 Å². The van der Waals surface area contributed by atoms with Crippen LogP contribution in [0.2, 0.25) is 0 Å². The van der Waals surface area contributed by atoms with Crippen molar-refractivity contribution in [1.29, 1.82) is 0 Å². The van der Waals surface area contributed by atoms with Gasteiger partial charge in [0.25, 0.3) is 0 Å². The lowest BCUT2D eigenvalue weighted by Crippen LogP contribution is -2.40. The summed E-state index contributed by atoms with van der Waals surface area (Å²) in [5.74, 6) is 0.462. The lowest BCUT2D eigenvalue weighted by atomic mass is 10.1. The number of halogens is 1. The molecule has 10 heteroatoms. The first-order valence-corrected chi connectivity index (χ1v) is 13.0. The number of aromatic nitrogens is 1. The zero-order chi connectivity index (χ0) is 23.5. The van der Waals surface area contributed by atoms with Crippen LogP contribution in [0.1, 0.15) is 5.76 Å². The first-order chi connectivity index (χ1) is 16.5. The normalized spacial score (nSPS) is 15.6. The summed E-state index contributed by atoms with van der Waals surface area (Å²) in [6, 6.07) is 16.6. The van der Waals surface area contributed by atoms with E-state index in [2.05, 4.69) is 0 Å². The molecular formula is C24H22FN3O4S2. The number of morpholine rings is 1. The van der Waals surface area contributed by atoms with Gasteiger partial charge in [-0.15, -0.1) is 11.3 Å². The minimum absolute atomic E-state index is 0.231. The Labute approximate surface area is 200 Å². The molecule has 2 aromatic heterocycles. The summed E-state index contributed by atoms with van der Waals surface area (Å²) in [5.41, 5.74) is 2.37. The van der Waals surface area contributed by atoms with E-state index in [0.29, 0.717) is 43.3 Å². The molecule has 0 atom stereocenters. The molecule has 5 rings (SSSR count). The molecule has 1 aliphatic rings. The van der Waals surface area contributed by atoms with Gasteiger partial charge in [0, 0.05) is 18.5 Å². The number of ether oxygens (including phenoxy) is 1. The largest absolute Gasteiger partial charge is 0.467 e. The number of sulfonamides is 1. The number of rotatable bonds is 6. The van der Waals surface area contributed by atoms with Crippen LogP contribution in [0.3, 0.4) is 0 Å². The van der Waals surface area contributed by atoms with Gasteiger partial charge >= 0.3 is 0 Å². The standard InChI is InChI=1S/C24H22FN3O4S2/c25-19-5-3-18(4-6-19)23-17-33-24(28(23)16-21-2-1-13-32-21)26-20-7-9-22(10-8-20)34(29,30)27-11-14-31-15-12-27/h1-10,13,17H,11-12,14-16H2. The van der Waals surface area contributed by atoms with Crippen LogP contribution < -0.4 is 4.80 Å². The fraction of sp³-hybridized carbons (Fsp3) is 0.208. The topological polar surface area (TPSA) is 77.0 Å². The fourth-order valence-electron chi connectivity index (χ4n) is 3.72. The van der Waals surface area contributed by atoms with Crippen molar-refractivity contribution in [2.24, 2.45) is 4.99 Å². The highest BCUT2D eigenvalue weighted by atomic mass is 32.2. The SMILES string of the molecule is O=S(=O)(c1ccc(N=c2scc(-c3ccc(F)cc3)n2Cc2ccco2)cc1)N1CCOCC1. The lowest BCUT2D eigenvalue weighted by Gasteiger charge is -2.26. The third-order valence-electron chi connectivity index (χ3n) is 5.50. The van der Waals surface area contributed by atoms with Gasteiger partial charge in [0.1, 0.15) is 11.6 Å². The van der Waals surface area contributed by atoms with Gasteiger partial charge in [0.2, 0.25) is 10.0 Å². The highest BCUT2D eigenvalue weighted by molar-refractivity contribution is 7.89. The zero-order valence-corrected chi connectivity index (χ0v) is 19.8. The van der Waals surface area contributed by atoms with Crippen LogP contribution in [0.15, 0.2) is 86.6 Å². The Hall–Kier alpha value is -3.05. The molecule has 0 N–H and O–H groups in total. The molecule has 0 spiro atoms. The van der Waals surface area contributed by atoms with E-state index in [4.69, 9.17) is 14.1 Å². The number of nitrogens with zero attached hydrogens (tertiary/aromatic N) is 3. The van der Waals surface area contributed by atoms with Crippen LogP contribution in [0.25, 0.3) is 11.3 Å². The minimum Gasteiger partial charge on any atom is -0.467 e. The van der Waals surface area contributed by atoms with Crippen molar-refractivity contribution in [3.05, 3.63) is 88.7 Å². The van der Waals surface area contributed by atoms with Crippen molar-refractivity contribution in [2.45, 2.75) is 11.4 Å². The summed E-state index contributed by atoms with van der Waals surface area (Å²) in [5, 5.41) is 1.96. The van der Waals surface area contributed by atoms with Crippen molar-refractivity contribution in [1.82, 2.24) is 8.87 Å².